The maximum absolute atomic E-state index is 10.4. The fraction of sp³-hybridized carbons (Fsp3) is 1.00. The molecule has 0 amide bonds. The number of rotatable bonds is 1. The highest BCUT2D eigenvalue weighted by Crippen LogP contribution is 2.28. The molecule has 1 atom stereocenters. The maximum atomic E-state index is 10.4. The van der Waals surface area contributed by atoms with Crippen molar-refractivity contribution in [1.29, 1.82) is 0 Å². The fourth-order valence-corrected chi connectivity index (χ4v) is 2.34. The van der Waals surface area contributed by atoms with Crippen LogP contribution in [-0.2, 0) is 0 Å². The number of thioether (sulfide) groups is 1. The lowest BCUT2D eigenvalue weighted by molar-refractivity contribution is 0.472. The van der Waals surface area contributed by atoms with Gasteiger partial charge in [-0.15, -0.1) is 0 Å². The van der Waals surface area contributed by atoms with E-state index in [-0.39, 0.29) is 5.54 Å². The molecule has 0 bridgehead atoms. The average molecular weight is 159 g/mol. The molecular weight excluding hydrogens is 146 g/mol. The van der Waals surface area contributed by atoms with E-state index >= 15 is 0 Å². The van der Waals surface area contributed by atoms with Crippen molar-refractivity contribution in [3.63, 3.8) is 0 Å². The minimum absolute atomic E-state index is 0.263. The first-order chi connectivity index (χ1) is 4.77. The molecule has 0 aromatic carbocycles. The lowest BCUT2D eigenvalue weighted by atomic mass is 9.99. The van der Waals surface area contributed by atoms with Gasteiger partial charge in [0.1, 0.15) is 5.54 Å². The monoisotopic (exact) mass is 159 g/mol. The van der Waals surface area contributed by atoms with Gasteiger partial charge in [-0.3, -0.25) is 0 Å². The summed E-state index contributed by atoms with van der Waals surface area (Å²) in [6, 6.07) is 0. The van der Waals surface area contributed by atoms with Gasteiger partial charge in [-0.2, -0.15) is 16.7 Å². The molecule has 1 rings (SSSR count). The van der Waals surface area contributed by atoms with Crippen LogP contribution in [0, 0.1) is 4.91 Å². The van der Waals surface area contributed by atoms with Gasteiger partial charge in [0, 0.05) is 5.75 Å². The van der Waals surface area contributed by atoms with Gasteiger partial charge in [-0.1, -0.05) is 11.6 Å². The summed E-state index contributed by atoms with van der Waals surface area (Å²) in [5, 5.41) is 3.17. The van der Waals surface area contributed by atoms with Gasteiger partial charge >= 0.3 is 0 Å². The van der Waals surface area contributed by atoms with E-state index in [1.54, 1.807) is 0 Å². The SMILES string of the molecule is CC1(N=O)CCCCSC1. The molecule has 1 aliphatic heterocycles. The van der Waals surface area contributed by atoms with Crippen LogP contribution in [0.2, 0.25) is 0 Å². The summed E-state index contributed by atoms with van der Waals surface area (Å²) in [4.78, 5) is 10.4. The van der Waals surface area contributed by atoms with E-state index in [1.807, 2.05) is 18.7 Å². The molecule has 0 radical (unpaired) electrons. The Labute approximate surface area is 65.7 Å². The Hall–Kier alpha value is -0.0500. The highest BCUT2D eigenvalue weighted by atomic mass is 32.2. The van der Waals surface area contributed by atoms with E-state index in [4.69, 9.17) is 0 Å². The first-order valence-corrected chi connectivity index (χ1v) is 4.85. The van der Waals surface area contributed by atoms with Crippen LogP contribution in [0.3, 0.4) is 0 Å². The predicted molar refractivity (Wildman–Crippen MR) is 45.4 cm³/mol. The number of nitrogens with zero attached hydrogens (tertiary/aromatic N) is 1. The third kappa shape index (κ3) is 1.97. The van der Waals surface area contributed by atoms with E-state index in [9.17, 15) is 4.91 Å². The topological polar surface area (TPSA) is 29.4 Å². The van der Waals surface area contributed by atoms with E-state index in [0.717, 1.165) is 18.6 Å². The van der Waals surface area contributed by atoms with Gasteiger partial charge in [0.2, 0.25) is 0 Å². The Morgan fingerprint density at radius 3 is 3.00 bits per heavy atom. The molecule has 1 aliphatic rings. The first kappa shape index (κ1) is 8.05. The summed E-state index contributed by atoms with van der Waals surface area (Å²) in [6.45, 7) is 1.96. The van der Waals surface area contributed by atoms with Crippen molar-refractivity contribution in [3.8, 4) is 0 Å². The number of hydrogen-bond acceptors (Lipinski definition) is 3. The minimum atomic E-state index is -0.263. The molecule has 1 unspecified atom stereocenters. The van der Waals surface area contributed by atoms with Crippen molar-refractivity contribution in [2.75, 3.05) is 11.5 Å². The largest absolute Gasteiger partial charge is 0.159 e. The molecule has 1 heterocycles. The molecule has 58 valence electrons. The van der Waals surface area contributed by atoms with E-state index in [1.165, 1.54) is 12.2 Å². The lowest BCUT2D eigenvalue weighted by Gasteiger charge is -2.16. The van der Waals surface area contributed by atoms with Gasteiger partial charge in [0.05, 0.1) is 0 Å². The smallest absolute Gasteiger partial charge is 0.109 e. The summed E-state index contributed by atoms with van der Waals surface area (Å²) in [5.41, 5.74) is -0.263. The zero-order valence-electron chi connectivity index (χ0n) is 6.30. The average Bonchev–Trinajstić information content (AvgIpc) is 2.15. The molecule has 0 N–H and O–H groups in total. The summed E-state index contributed by atoms with van der Waals surface area (Å²) in [5.74, 6) is 2.11. The molecule has 1 fully saturated rings. The van der Waals surface area contributed by atoms with Gasteiger partial charge in [-0.25, -0.2) is 0 Å². The van der Waals surface area contributed by atoms with Gasteiger partial charge in [0.25, 0.3) is 0 Å². The minimum Gasteiger partial charge on any atom is -0.159 e. The molecule has 2 nitrogen and oxygen atoms in total. The van der Waals surface area contributed by atoms with Crippen LogP contribution in [-0.4, -0.2) is 17.0 Å². The van der Waals surface area contributed by atoms with Crippen molar-refractivity contribution < 1.29 is 0 Å². The van der Waals surface area contributed by atoms with Gasteiger partial charge in [0.15, 0.2) is 0 Å². The van der Waals surface area contributed by atoms with Crippen LogP contribution in [0.15, 0.2) is 5.18 Å². The Morgan fingerprint density at radius 2 is 2.30 bits per heavy atom. The molecule has 0 spiro atoms. The molecule has 3 heteroatoms. The summed E-state index contributed by atoms with van der Waals surface area (Å²) >= 11 is 1.85. The predicted octanol–water partition coefficient (Wildman–Crippen LogP) is 2.43. The summed E-state index contributed by atoms with van der Waals surface area (Å²) < 4.78 is 0. The standard InChI is InChI=1S/C7H13NOS/c1-7(8-9)4-2-3-5-10-6-7/h2-6H2,1H3. The van der Waals surface area contributed by atoms with Gasteiger partial charge in [-0.05, 0) is 25.5 Å². The second-order valence-corrected chi connectivity index (χ2v) is 4.20. The van der Waals surface area contributed by atoms with Crippen LogP contribution < -0.4 is 0 Å². The number of nitroso groups, excluding NO2 is 1. The quantitative estimate of drug-likeness (QED) is 0.550. The second kappa shape index (κ2) is 3.37. The van der Waals surface area contributed by atoms with Crippen LogP contribution >= 0.6 is 11.8 Å². The second-order valence-electron chi connectivity index (χ2n) is 3.10. The Kier molecular flexibility index (Phi) is 2.72. The molecule has 0 aliphatic carbocycles. The summed E-state index contributed by atoms with van der Waals surface area (Å²) in [7, 11) is 0. The van der Waals surface area contributed by atoms with Crippen molar-refractivity contribution in [3.05, 3.63) is 4.91 Å². The third-order valence-corrected chi connectivity index (χ3v) is 3.29. The fourth-order valence-electron chi connectivity index (χ4n) is 1.15. The van der Waals surface area contributed by atoms with Crippen molar-refractivity contribution >= 4 is 11.8 Å². The van der Waals surface area contributed by atoms with Crippen molar-refractivity contribution in [2.45, 2.75) is 31.7 Å². The van der Waals surface area contributed by atoms with E-state index in [0.29, 0.717) is 0 Å². The molecular formula is C7H13NOS. The Balaban J connectivity index is 2.48. The zero-order valence-corrected chi connectivity index (χ0v) is 7.12. The van der Waals surface area contributed by atoms with E-state index < -0.39 is 0 Å². The van der Waals surface area contributed by atoms with Crippen LogP contribution in [0.4, 0.5) is 0 Å². The highest BCUT2D eigenvalue weighted by molar-refractivity contribution is 7.99. The van der Waals surface area contributed by atoms with Crippen molar-refractivity contribution in [1.82, 2.24) is 0 Å². The molecule has 1 saturated heterocycles. The number of hydrogen-bond donors (Lipinski definition) is 0. The molecule has 0 aromatic rings. The Morgan fingerprint density at radius 1 is 1.50 bits per heavy atom. The molecule has 0 saturated carbocycles. The highest BCUT2D eigenvalue weighted by Gasteiger charge is 2.26. The summed E-state index contributed by atoms with van der Waals surface area (Å²) in [6.07, 6.45) is 3.38. The van der Waals surface area contributed by atoms with Crippen LogP contribution in [0.5, 0.6) is 0 Å². The third-order valence-electron chi connectivity index (χ3n) is 1.89. The van der Waals surface area contributed by atoms with Gasteiger partial charge < -0.3 is 0 Å². The molecule has 0 aromatic heterocycles. The van der Waals surface area contributed by atoms with E-state index in [2.05, 4.69) is 5.18 Å². The Bertz CT molecular complexity index is 119. The molecule has 10 heavy (non-hydrogen) atoms. The van der Waals surface area contributed by atoms with Crippen molar-refractivity contribution in [2.24, 2.45) is 5.18 Å². The maximum Gasteiger partial charge on any atom is 0.109 e. The normalized spacial score (nSPS) is 34.9. The first-order valence-electron chi connectivity index (χ1n) is 3.69. The lowest BCUT2D eigenvalue weighted by Crippen LogP contribution is -2.23. The van der Waals surface area contributed by atoms with Crippen LogP contribution in [0.1, 0.15) is 26.2 Å². The van der Waals surface area contributed by atoms with Crippen LogP contribution in [0.25, 0.3) is 0 Å². The zero-order chi connectivity index (χ0) is 7.45.